The molecule has 12 rings (SSSR count). The van der Waals surface area contributed by atoms with Gasteiger partial charge in [0.1, 0.15) is 0 Å². The summed E-state index contributed by atoms with van der Waals surface area (Å²) in [6, 6.07) is 3.58. The number of hydrogen-bond acceptors (Lipinski definition) is 3. The molecule has 0 amide bonds. The molecule has 0 N–H and O–H groups in total. The zero-order valence-corrected chi connectivity index (χ0v) is 31.7. The molecule has 0 saturated heterocycles. The van der Waals surface area contributed by atoms with Gasteiger partial charge in [-0.15, -0.1) is 0 Å². The molecule has 62 heavy (non-hydrogen) atoms. The van der Waals surface area contributed by atoms with Crippen molar-refractivity contribution in [1.29, 1.82) is 0 Å². The van der Waals surface area contributed by atoms with E-state index in [0.29, 0.717) is 11.1 Å². The van der Waals surface area contributed by atoms with Gasteiger partial charge in [0, 0.05) is 27.1 Å². The van der Waals surface area contributed by atoms with Gasteiger partial charge in [-0.3, -0.25) is 9.13 Å². The van der Waals surface area contributed by atoms with Crippen molar-refractivity contribution in [2.24, 2.45) is 0 Å². The average Bonchev–Trinajstić information content (AvgIpc) is 1.53. The molecule has 0 atom stereocenters. The van der Waals surface area contributed by atoms with Crippen molar-refractivity contribution in [1.82, 2.24) is 24.1 Å². The maximum atomic E-state index is 10.1. The molecule has 3 heterocycles. The Bertz CT molecular complexity index is 4780. The van der Waals surface area contributed by atoms with Crippen LogP contribution in [0.3, 0.4) is 0 Å². The molecule has 290 valence electrons. The summed E-state index contributed by atoms with van der Waals surface area (Å²) in [6.07, 6.45) is 0. The van der Waals surface area contributed by atoms with E-state index in [4.69, 9.17) is 36.9 Å². The van der Waals surface area contributed by atoms with E-state index in [2.05, 4.69) is 0 Å². The molecule has 9 aromatic carbocycles. The predicted molar refractivity (Wildman–Crippen MR) is 256 cm³/mol. The van der Waals surface area contributed by atoms with Crippen LogP contribution >= 0.6 is 0 Å². The molecule has 0 unspecified atom stereocenters. The van der Waals surface area contributed by atoms with Gasteiger partial charge in [0.2, 0.25) is 11.9 Å². The van der Waals surface area contributed by atoms with Crippen LogP contribution in [-0.2, 0) is 0 Å². The van der Waals surface area contributed by atoms with Gasteiger partial charge >= 0.3 is 0 Å². The zero-order valence-electron chi connectivity index (χ0n) is 55.7. The summed E-state index contributed by atoms with van der Waals surface area (Å²) in [6.45, 7) is 0. The maximum Gasteiger partial charge on any atom is 0.240 e. The Labute approximate surface area is 392 Å². The smallest absolute Gasteiger partial charge is 0.240 e. The van der Waals surface area contributed by atoms with Crippen LogP contribution in [0.25, 0.3) is 111 Å². The molecule has 0 fully saturated rings. The number of benzene rings is 9. The summed E-state index contributed by atoms with van der Waals surface area (Å²) < 4.78 is 219. The lowest BCUT2D eigenvalue weighted by Crippen LogP contribution is -2.10. The maximum absolute atomic E-state index is 10.1. The fraction of sp³-hybridized carbons (Fsp3) is 0. The predicted octanol–water partition coefficient (Wildman–Crippen LogP) is 14.4. The second-order valence-electron chi connectivity index (χ2n) is 13.9. The third-order valence-corrected chi connectivity index (χ3v) is 10.3. The highest BCUT2D eigenvalue weighted by Gasteiger charge is 2.22. The lowest BCUT2D eigenvalue weighted by molar-refractivity contribution is 0.893. The van der Waals surface area contributed by atoms with Crippen LogP contribution in [0, 0.1) is 0 Å². The van der Waals surface area contributed by atoms with Gasteiger partial charge in [0.05, 0.1) is 55.0 Å². The summed E-state index contributed by atoms with van der Waals surface area (Å²) in [5.74, 6) is -1.68. The number of nitrogens with zero attached hydrogens (tertiary/aromatic N) is 5. The average molecular weight is 816 g/mol. The minimum atomic E-state index is -0.911. The van der Waals surface area contributed by atoms with Crippen molar-refractivity contribution in [2.45, 2.75) is 0 Å². The summed E-state index contributed by atoms with van der Waals surface area (Å²) in [5.41, 5.74) is -1.81. The molecule has 0 aliphatic carbocycles. The van der Waals surface area contributed by atoms with Crippen molar-refractivity contribution in [3.63, 3.8) is 0 Å². The Morgan fingerprint density at radius 1 is 0.306 bits per heavy atom. The Kier molecular flexibility index (Phi) is 4.48. The van der Waals surface area contributed by atoms with Gasteiger partial charge in [0.25, 0.3) is 0 Å². The standard InChI is InChI=1S/C57H37N5/c1-4-16-38(17-5-1)41-22-14-23-42(34-41)43-24-15-25-46(35-43)55-58-56(61-51-28-12-10-26-47(51)48-27-11-13-29-52(48)61)60-57(59-55)62-53-36-44(39-18-6-2-7-19-39)30-32-49(53)50-33-31-45(37-54(50)62)40-20-8-3-9-21-40/h1-37H/i2D,3D,6D,7D,8D,9D,10D,11D,12D,13D,18D,19D,20D,21D,26D,27D,28D,29D,30D,31D,32D,33D,36D,37D. The highest BCUT2D eigenvalue weighted by Crippen LogP contribution is 2.38. The van der Waals surface area contributed by atoms with E-state index in [0.717, 1.165) is 20.3 Å². The highest BCUT2D eigenvalue weighted by atomic mass is 15.3. The summed E-state index contributed by atoms with van der Waals surface area (Å²) in [7, 11) is 0. The number of rotatable bonds is 7. The SMILES string of the molecule is [2H]c1c([2H])c([2H])c(-c2c([2H])c([2H])c3c4c([2H])c([2H])c(-c5c([2H])c([2H])c([2H])c([2H])c5[2H])c([2H])c4n(-c4nc(-c5cccc(-c6cccc(-c7ccccc7)c6)c5)nc(-n5c6c([2H])c([2H])c([2H])c([2H])c6c6c([2H])c([2H])c([2H])c([2H])c65)n4)c3c2[2H])c([2H])c1[2H]. The van der Waals surface area contributed by atoms with E-state index in [-0.39, 0.29) is 22.2 Å². The molecule has 0 radical (unpaired) electrons. The van der Waals surface area contributed by atoms with Crippen LogP contribution in [0.5, 0.6) is 0 Å². The van der Waals surface area contributed by atoms with Gasteiger partial charge in [-0.1, -0.05) is 188 Å². The molecule has 12 aromatic rings. The van der Waals surface area contributed by atoms with Crippen LogP contribution in [0.4, 0.5) is 0 Å². The van der Waals surface area contributed by atoms with Gasteiger partial charge in [-0.2, -0.15) is 15.0 Å². The van der Waals surface area contributed by atoms with Crippen molar-refractivity contribution < 1.29 is 32.9 Å². The zero-order chi connectivity index (χ0) is 61.9. The second kappa shape index (κ2) is 14.7. The number of para-hydroxylation sites is 2. The lowest BCUT2D eigenvalue weighted by atomic mass is 9.98. The third-order valence-electron chi connectivity index (χ3n) is 10.3. The first-order valence-corrected chi connectivity index (χ1v) is 19.0. The fourth-order valence-corrected chi connectivity index (χ4v) is 7.45. The Balaban J connectivity index is 1.31. The van der Waals surface area contributed by atoms with E-state index in [1.54, 1.807) is 24.3 Å². The lowest BCUT2D eigenvalue weighted by Gasteiger charge is -2.14. The Morgan fingerprint density at radius 2 is 0.726 bits per heavy atom. The molecule has 0 spiro atoms. The van der Waals surface area contributed by atoms with Gasteiger partial charge in [-0.05, 0) is 80.8 Å². The second-order valence-corrected chi connectivity index (χ2v) is 13.9. The molecule has 3 aromatic heterocycles. The largest absolute Gasteiger partial charge is 0.278 e. The van der Waals surface area contributed by atoms with Crippen LogP contribution in [0.1, 0.15) is 32.9 Å². The molecular formula is C57H37N5. The Morgan fingerprint density at radius 3 is 1.27 bits per heavy atom. The minimum absolute atomic E-state index is 0.170. The quantitative estimate of drug-likeness (QED) is 0.161. The summed E-state index contributed by atoms with van der Waals surface area (Å²) in [5, 5.41) is -1.82. The van der Waals surface area contributed by atoms with Crippen LogP contribution in [-0.4, -0.2) is 24.1 Å². The van der Waals surface area contributed by atoms with E-state index < -0.39 is 212 Å². The number of hydrogen-bond donors (Lipinski definition) is 0. The van der Waals surface area contributed by atoms with Gasteiger partial charge in [-0.25, -0.2) is 0 Å². The van der Waals surface area contributed by atoms with Crippen molar-refractivity contribution >= 4 is 43.6 Å². The van der Waals surface area contributed by atoms with Crippen molar-refractivity contribution in [3.8, 4) is 67.8 Å². The van der Waals surface area contributed by atoms with Crippen molar-refractivity contribution in [2.75, 3.05) is 0 Å². The van der Waals surface area contributed by atoms with E-state index >= 15 is 0 Å². The highest BCUT2D eigenvalue weighted by molar-refractivity contribution is 6.11. The van der Waals surface area contributed by atoms with Gasteiger partial charge in [0.15, 0.2) is 5.82 Å². The number of aromatic nitrogens is 5. The third kappa shape index (κ3) is 6.06. The van der Waals surface area contributed by atoms with E-state index in [9.17, 15) is 11.0 Å². The molecule has 0 bridgehead atoms. The van der Waals surface area contributed by atoms with Gasteiger partial charge < -0.3 is 0 Å². The van der Waals surface area contributed by atoms with E-state index in [1.807, 2.05) is 54.6 Å². The topological polar surface area (TPSA) is 48.5 Å². The monoisotopic (exact) mass is 815 g/mol. The van der Waals surface area contributed by atoms with Crippen LogP contribution < -0.4 is 0 Å². The normalized spacial score (nSPS) is 17.0. The first-order valence-electron chi connectivity index (χ1n) is 31.0. The van der Waals surface area contributed by atoms with Crippen molar-refractivity contribution in [3.05, 3.63) is 224 Å². The fourth-order valence-electron chi connectivity index (χ4n) is 7.45. The first kappa shape index (κ1) is 18.9. The van der Waals surface area contributed by atoms with Crippen LogP contribution in [0.2, 0.25) is 0 Å². The van der Waals surface area contributed by atoms with E-state index in [1.165, 1.54) is 0 Å². The summed E-state index contributed by atoms with van der Waals surface area (Å²) >= 11 is 0. The van der Waals surface area contributed by atoms with Crippen LogP contribution in [0.15, 0.2) is 224 Å². The molecule has 0 aliphatic rings. The molecule has 5 nitrogen and oxygen atoms in total. The molecular weight excluding hydrogens is 755 g/mol. The summed E-state index contributed by atoms with van der Waals surface area (Å²) in [4.78, 5) is 14.7. The molecule has 0 saturated carbocycles. The Hall–Kier alpha value is -8.41. The first-order chi connectivity index (χ1) is 40.7. The number of fused-ring (bicyclic) bond motifs is 6. The molecule has 5 heteroatoms. The molecule has 0 aliphatic heterocycles. The minimum Gasteiger partial charge on any atom is -0.278 e.